The molecule has 0 spiro atoms. The van der Waals surface area contributed by atoms with Gasteiger partial charge in [0.25, 0.3) is 0 Å². The monoisotopic (exact) mass is 806 g/mol. The Morgan fingerprint density at radius 1 is 0.683 bits per heavy atom. The molecule has 4 amide bonds. The van der Waals surface area contributed by atoms with Crippen LogP contribution in [0.1, 0.15) is 118 Å². The van der Waals surface area contributed by atoms with Gasteiger partial charge in [-0.1, -0.05) is 101 Å². The smallest absolute Gasteiger partial charge is 0.407 e. The second kappa shape index (κ2) is 14.9. The van der Waals surface area contributed by atoms with Crippen LogP contribution in [0.3, 0.4) is 0 Å². The van der Waals surface area contributed by atoms with Gasteiger partial charge in [0.1, 0.15) is 13.2 Å². The molecule has 0 radical (unpaired) electrons. The van der Waals surface area contributed by atoms with Gasteiger partial charge in [-0.2, -0.15) is 0 Å². The van der Waals surface area contributed by atoms with Crippen LogP contribution < -0.4 is 21.7 Å². The SMILES string of the molecule is C[C@]1(C(=O)NC(=O)[C@@]2(C)CCC[C@]3(C)c4cc(NC(=O)CNC(=O)OCC5c6ccccc6-c6ccccc65)ccc4CC[C@@H]23)CCC[C@]2(C)c3cc(N)ccc3CC[C@@H]12. The first-order valence-corrected chi connectivity index (χ1v) is 22.0. The normalized spacial score (nSPS) is 28.7. The molecule has 9 nitrogen and oxygen atoms in total. The highest BCUT2D eigenvalue weighted by molar-refractivity contribution is 6.01. The van der Waals surface area contributed by atoms with Crippen LogP contribution in [0.2, 0.25) is 0 Å². The maximum atomic E-state index is 14.6. The van der Waals surface area contributed by atoms with Crippen molar-refractivity contribution >= 4 is 35.2 Å². The van der Waals surface area contributed by atoms with Crippen molar-refractivity contribution in [2.45, 2.75) is 109 Å². The minimum absolute atomic E-state index is 0.00852. The van der Waals surface area contributed by atoms with Crippen molar-refractivity contribution in [1.29, 1.82) is 0 Å². The van der Waals surface area contributed by atoms with E-state index in [0.29, 0.717) is 12.1 Å². The van der Waals surface area contributed by atoms with E-state index in [-0.39, 0.29) is 59.5 Å². The molecular formula is C51H58N4O5. The van der Waals surface area contributed by atoms with Crippen LogP contribution in [0, 0.1) is 22.7 Å². The zero-order chi connectivity index (χ0) is 42.0. The van der Waals surface area contributed by atoms with E-state index in [1.165, 1.54) is 16.7 Å². The summed E-state index contributed by atoms with van der Waals surface area (Å²) >= 11 is 0. The van der Waals surface area contributed by atoms with E-state index in [1.807, 2.05) is 36.4 Å². The molecule has 0 aliphatic heterocycles. The van der Waals surface area contributed by atoms with Crippen molar-refractivity contribution in [2.75, 3.05) is 24.2 Å². The van der Waals surface area contributed by atoms with Crippen LogP contribution in [0.15, 0.2) is 84.9 Å². The van der Waals surface area contributed by atoms with E-state index >= 15 is 0 Å². The fraction of sp³-hybridized carbons (Fsp3) is 0.451. The minimum Gasteiger partial charge on any atom is -0.449 e. The summed E-state index contributed by atoms with van der Waals surface area (Å²) in [7, 11) is 0. The van der Waals surface area contributed by atoms with Crippen molar-refractivity contribution in [1.82, 2.24) is 10.6 Å². The summed E-state index contributed by atoms with van der Waals surface area (Å²) < 4.78 is 5.65. The first-order valence-electron chi connectivity index (χ1n) is 22.0. The number of nitrogens with two attached hydrogens (primary N) is 1. The molecule has 4 aromatic carbocycles. The average molecular weight is 807 g/mol. The molecule has 9 rings (SSSR count). The van der Waals surface area contributed by atoms with Crippen LogP contribution in [0.5, 0.6) is 0 Å². The van der Waals surface area contributed by atoms with Crippen molar-refractivity contribution in [3.05, 3.63) is 118 Å². The number of carbonyl (C=O) groups excluding carboxylic acids is 4. The second-order valence-electron chi connectivity index (χ2n) is 19.4. The Kier molecular flexibility index (Phi) is 9.95. The number of anilines is 2. The highest BCUT2D eigenvalue weighted by atomic mass is 16.5. The van der Waals surface area contributed by atoms with E-state index in [4.69, 9.17) is 10.5 Å². The lowest BCUT2D eigenvalue weighted by Gasteiger charge is -2.56. The van der Waals surface area contributed by atoms with Gasteiger partial charge in [0.15, 0.2) is 0 Å². The number of fused-ring (bicyclic) bond motifs is 9. The third-order valence-electron chi connectivity index (χ3n) is 16.0. The number of hydrogen-bond acceptors (Lipinski definition) is 6. The Morgan fingerprint density at radius 2 is 1.22 bits per heavy atom. The first-order chi connectivity index (χ1) is 28.7. The molecule has 0 unspecified atom stereocenters. The van der Waals surface area contributed by atoms with E-state index in [9.17, 15) is 19.2 Å². The van der Waals surface area contributed by atoms with E-state index in [0.717, 1.165) is 91.3 Å². The van der Waals surface area contributed by atoms with E-state index in [1.54, 1.807) is 0 Å². The van der Waals surface area contributed by atoms with Crippen LogP contribution >= 0.6 is 0 Å². The number of benzene rings is 4. The number of carbonyl (C=O) groups is 4. The van der Waals surface area contributed by atoms with E-state index in [2.05, 4.69) is 92.2 Å². The van der Waals surface area contributed by atoms with Crippen LogP contribution in [0.4, 0.5) is 16.2 Å². The molecule has 4 aromatic rings. The van der Waals surface area contributed by atoms with Gasteiger partial charge in [-0.3, -0.25) is 19.7 Å². The maximum Gasteiger partial charge on any atom is 0.407 e. The number of imide groups is 1. The summed E-state index contributed by atoms with van der Waals surface area (Å²) in [6.07, 6.45) is 7.95. The van der Waals surface area contributed by atoms with Crippen LogP contribution in [-0.2, 0) is 42.8 Å². The van der Waals surface area contributed by atoms with Gasteiger partial charge in [0, 0.05) is 17.3 Å². The summed E-state index contributed by atoms with van der Waals surface area (Å²) in [5, 5.41) is 8.67. The lowest BCUT2D eigenvalue weighted by molar-refractivity contribution is -0.150. The van der Waals surface area contributed by atoms with Crippen molar-refractivity contribution in [3.63, 3.8) is 0 Å². The number of ether oxygens (including phenoxy) is 1. The number of aryl methyl sites for hydroxylation is 2. The van der Waals surface area contributed by atoms with Gasteiger partial charge >= 0.3 is 6.09 Å². The lowest BCUT2D eigenvalue weighted by atomic mass is 9.49. The quantitative estimate of drug-likeness (QED) is 0.109. The molecule has 0 aromatic heterocycles. The Bertz CT molecular complexity index is 2360. The molecule has 2 saturated carbocycles. The standard InChI is InChI=1S/C51H58N4O5/c1-48-23-9-25-50(3,42(48)21-17-31-15-19-33(52)27-40(31)48)45(57)55-46(58)51(4)26-10-24-49(2)41-28-34(20-16-32(41)18-22-43(49)51)54-44(56)29-53-47(59)60-30-39-37-13-7-5-11-35(37)36-12-6-8-14-38(36)39/h5-8,11-16,19-20,27-28,39,42-43H,9-10,17-18,21-26,29-30,52H2,1-4H3,(H,53,59)(H,54,56)(H,55,57,58)/t42-,43-,48-,49-,50+,51+/m1/s1. The topological polar surface area (TPSA) is 140 Å². The zero-order valence-corrected chi connectivity index (χ0v) is 35.4. The Labute approximate surface area is 353 Å². The summed E-state index contributed by atoms with van der Waals surface area (Å²) in [6, 6.07) is 28.6. The average Bonchev–Trinajstić information content (AvgIpc) is 3.55. The first kappa shape index (κ1) is 40.0. The zero-order valence-electron chi connectivity index (χ0n) is 35.4. The number of amides is 4. The highest BCUT2D eigenvalue weighted by Gasteiger charge is 2.58. The molecule has 60 heavy (non-hydrogen) atoms. The predicted octanol–water partition coefficient (Wildman–Crippen LogP) is 9.11. The van der Waals surface area contributed by atoms with Crippen molar-refractivity contribution in [3.8, 4) is 11.1 Å². The number of hydrogen-bond donors (Lipinski definition) is 4. The Morgan fingerprint density at radius 3 is 1.80 bits per heavy atom. The van der Waals surface area contributed by atoms with Crippen LogP contribution in [0.25, 0.3) is 11.1 Å². The predicted molar refractivity (Wildman–Crippen MR) is 234 cm³/mol. The molecule has 0 saturated heterocycles. The molecule has 312 valence electrons. The molecule has 5 aliphatic rings. The lowest BCUT2D eigenvalue weighted by Crippen LogP contribution is -2.60. The third-order valence-corrected chi connectivity index (χ3v) is 16.0. The van der Waals surface area contributed by atoms with Gasteiger partial charge in [-0.15, -0.1) is 0 Å². The maximum absolute atomic E-state index is 14.6. The minimum atomic E-state index is -0.742. The molecule has 9 heteroatoms. The van der Waals surface area contributed by atoms with Gasteiger partial charge < -0.3 is 21.1 Å². The number of alkyl carbamates (subject to hydrolysis) is 1. The second-order valence-corrected chi connectivity index (χ2v) is 19.4. The molecule has 0 heterocycles. The fourth-order valence-electron chi connectivity index (χ4n) is 13.0. The summed E-state index contributed by atoms with van der Waals surface area (Å²) in [5.74, 6) is -0.617. The Hall–Kier alpha value is -5.44. The number of nitrogen functional groups attached to an aromatic ring is 1. The molecule has 5 N–H and O–H groups in total. The molecule has 5 aliphatic carbocycles. The number of rotatable bonds is 7. The van der Waals surface area contributed by atoms with Gasteiger partial charge in [0.05, 0.1) is 10.8 Å². The molecule has 2 fully saturated rings. The molecule has 0 bridgehead atoms. The molecule has 6 atom stereocenters. The summed E-state index contributed by atoms with van der Waals surface area (Å²) in [5.41, 5.74) is 15.2. The van der Waals surface area contributed by atoms with Gasteiger partial charge in [-0.05, 0) is 143 Å². The fourth-order valence-corrected chi connectivity index (χ4v) is 13.0. The van der Waals surface area contributed by atoms with Crippen molar-refractivity contribution in [2.24, 2.45) is 22.7 Å². The van der Waals surface area contributed by atoms with Crippen LogP contribution in [-0.4, -0.2) is 37.0 Å². The summed E-state index contributed by atoms with van der Waals surface area (Å²) in [4.78, 5) is 55.2. The largest absolute Gasteiger partial charge is 0.449 e. The Balaban J connectivity index is 0.848. The number of nitrogens with one attached hydrogen (secondary N) is 3. The third kappa shape index (κ3) is 6.51. The highest BCUT2D eigenvalue weighted by Crippen LogP contribution is 2.60. The summed E-state index contributed by atoms with van der Waals surface area (Å²) in [6.45, 7) is 8.64. The molecular weight excluding hydrogens is 749 g/mol. The van der Waals surface area contributed by atoms with Crippen molar-refractivity contribution < 1.29 is 23.9 Å². The van der Waals surface area contributed by atoms with Gasteiger partial charge in [-0.25, -0.2) is 4.79 Å². The van der Waals surface area contributed by atoms with E-state index < -0.39 is 16.9 Å². The van der Waals surface area contributed by atoms with Gasteiger partial charge in [0.2, 0.25) is 17.7 Å².